The van der Waals surface area contributed by atoms with Crippen molar-refractivity contribution in [1.29, 1.82) is 0 Å². The molecular weight excluding hydrogens is 372 g/mol. The lowest BCUT2D eigenvalue weighted by molar-refractivity contribution is -0.134. The largest absolute Gasteiger partial charge is 0.484 e. The molecule has 1 aliphatic rings. The molecule has 3 rings (SSSR count). The molecule has 1 N–H and O–H groups in total. The fourth-order valence-corrected chi connectivity index (χ4v) is 3.50. The fraction of sp³-hybridized carbons (Fsp3) is 0.364. The normalized spacial score (nSPS) is 14.6. The van der Waals surface area contributed by atoms with E-state index in [4.69, 9.17) is 4.74 Å². The molecule has 28 heavy (non-hydrogen) atoms. The zero-order valence-electron chi connectivity index (χ0n) is 16.3. The first kappa shape index (κ1) is 20.3. The molecule has 0 aromatic heterocycles. The van der Waals surface area contributed by atoms with Crippen molar-refractivity contribution in [2.45, 2.75) is 37.6 Å². The summed E-state index contributed by atoms with van der Waals surface area (Å²) in [6.07, 6.45) is 1.46. The van der Waals surface area contributed by atoms with Gasteiger partial charge in [0.05, 0.1) is 5.56 Å². The number of hydrogen-bond acceptors (Lipinski definition) is 4. The number of nitrogens with zero attached hydrogens (tertiary/aromatic N) is 1. The number of hydrogen-bond donors (Lipinski definition) is 2. The number of thiol groups is 1. The minimum absolute atomic E-state index is 0.0243. The Labute approximate surface area is 171 Å². The summed E-state index contributed by atoms with van der Waals surface area (Å²) in [6.45, 7) is 5.33. The second-order valence-corrected chi connectivity index (χ2v) is 7.66. The van der Waals surface area contributed by atoms with Gasteiger partial charge in [0.2, 0.25) is 0 Å². The van der Waals surface area contributed by atoms with Gasteiger partial charge in [-0.15, -0.1) is 12.6 Å². The highest BCUT2D eigenvalue weighted by Crippen LogP contribution is 2.18. The Balaban J connectivity index is 1.45. The van der Waals surface area contributed by atoms with Crippen LogP contribution in [0.4, 0.5) is 0 Å². The number of nitrogens with one attached hydrogen (secondary N) is 1. The predicted octanol–water partition coefficient (Wildman–Crippen LogP) is 3.39. The topological polar surface area (TPSA) is 58.6 Å². The maximum atomic E-state index is 12.4. The Morgan fingerprint density at radius 3 is 2.50 bits per heavy atom. The molecule has 0 radical (unpaired) electrons. The molecule has 2 amide bonds. The van der Waals surface area contributed by atoms with E-state index in [1.807, 2.05) is 44.2 Å². The first-order valence-electron chi connectivity index (χ1n) is 9.50. The summed E-state index contributed by atoms with van der Waals surface area (Å²) in [5.41, 5.74) is 2.92. The smallest absolute Gasteiger partial charge is 0.260 e. The van der Waals surface area contributed by atoms with Gasteiger partial charge in [0.15, 0.2) is 6.61 Å². The molecule has 1 fully saturated rings. The van der Waals surface area contributed by atoms with Crippen molar-refractivity contribution < 1.29 is 14.3 Å². The van der Waals surface area contributed by atoms with Gasteiger partial charge in [-0.1, -0.05) is 18.2 Å². The number of amides is 2. The van der Waals surface area contributed by atoms with Crippen molar-refractivity contribution in [2.75, 3.05) is 19.7 Å². The summed E-state index contributed by atoms with van der Waals surface area (Å²) in [4.78, 5) is 27.3. The highest BCUT2D eigenvalue weighted by molar-refractivity contribution is 7.80. The summed E-state index contributed by atoms with van der Waals surface area (Å²) in [7, 11) is 0. The van der Waals surface area contributed by atoms with E-state index in [-0.39, 0.29) is 24.5 Å². The van der Waals surface area contributed by atoms with Gasteiger partial charge in [0.25, 0.3) is 11.8 Å². The third-order valence-corrected chi connectivity index (χ3v) is 5.56. The van der Waals surface area contributed by atoms with Crippen molar-refractivity contribution in [3.05, 3.63) is 59.2 Å². The van der Waals surface area contributed by atoms with Crippen LogP contribution in [0.2, 0.25) is 0 Å². The van der Waals surface area contributed by atoms with Gasteiger partial charge in [-0.3, -0.25) is 9.59 Å². The second kappa shape index (κ2) is 9.15. The molecule has 5 nitrogen and oxygen atoms in total. The van der Waals surface area contributed by atoms with Crippen LogP contribution in [0.1, 0.15) is 34.3 Å². The molecule has 2 aromatic rings. The van der Waals surface area contributed by atoms with Crippen molar-refractivity contribution in [3.8, 4) is 5.75 Å². The van der Waals surface area contributed by atoms with E-state index < -0.39 is 0 Å². The highest BCUT2D eigenvalue weighted by atomic mass is 32.1. The number of benzene rings is 2. The standard InChI is InChI=1S/C22H26N2O3S/c1-15-7-8-18(13-16(15)2)27-14-21(25)24-11-9-17(10-12-24)23-22(26)19-5-3-4-6-20(19)28/h3-8,13,17,28H,9-12,14H2,1-2H3,(H,23,26). The molecule has 148 valence electrons. The van der Waals surface area contributed by atoms with E-state index in [0.29, 0.717) is 29.3 Å². The van der Waals surface area contributed by atoms with Crippen LogP contribution in [0.5, 0.6) is 5.75 Å². The van der Waals surface area contributed by atoms with Crippen LogP contribution in [0.15, 0.2) is 47.4 Å². The van der Waals surface area contributed by atoms with Crippen molar-refractivity contribution >= 4 is 24.4 Å². The van der Waals surface area contributed by atoms with E-state index in [1.54, 1.807) is 17.0 Å². The summed E-state index contributed by atoms with van der Waals surface area (Å²) >= 11 is 4.33. The SMILES string of the molecule is Cc1ccc(OCC(=O)N2CCC(NC(=O)c3ccccc3S)CC2)cc1C. The fourth-order valence-electron chi connectivity index (χ4n) is 3.24. The van der Waals surface area contributed by atoms with Gasteiger partial charge in [-0.2, -0.15) is 0 Å². The summed E-state index contributed by atoms with van der Waals surface area (Å²) in [5.74, 6) is 0.571. The third-order valence-electron chi connectivity index (χ3n) is 5.17. The quantitative estimate of drug-likeness (QED) is 0.759. The molecule has 0 unspecified atom stereocenters. The number of carbonyl (C=O) groups excluding carboxylic acids is 2. The first-order valence-corrected chi connectivity index (χ1v) is 9.95. The predicted molar refractivity (Wildman–Crippen MR) is 112 cm³/mol. The van der Waals surface area contributed by atoms with Crippen molar-refractivity contribution in [2.24, 2.45) is 0 Å². The Hall–Kier alpha value is -2.47. The summed E-state index contributed by atoms with van der Waals surface area (Å²) < 4.78 is 5.65. The van der Waals surface area contributed by atoms with Gasteiger partial charge >= 0.3 is 0 Å². The lowest BCUT2D eigenvalue weighted by atomic mass is 10.0. The average Bonchev–Trinajstić information content (AvgIpc) is 2.69. The van der Waals surface area contributed by atoms with E-state index >= 15 is 0 Å². The summed E-state index contributed by atoms with van der Waals surface area (Å²) in [6, 6.07) is 13.1. The van der Waals surface area contributed by atoms with Gasteiger partial charge in [0.1, 0.15) is 5.75 Å². The molecule has 2 aromatic carbocycles. The molecule has 0 atom stereocenters. The lowest BCUT2D eigenvalue weighted by Gasteiger charge is -2.32. The van der Waals surface area contributed by atoms with Crippen LogP contribution in [0, 0.1) is 13.8 Å². The van der Waals surface area contributed by atoms with E-state index in [1.165, 1.54) is 5.56 Å². The molecule has 0 bridgehead atoms. The molecule has 1 saturated heterocycles. The van der Waals surface area contributed by atoms with E-state index in [9.17, 15) is 9.59 Å². The maximum absolute atomic E-state index is 12.4. The first-order chi connectivity index (χ1) is 13.4. The van der Waals surface area contributed by atoms with Crippen LogP contribution >= 0.6 is 12.6 Å². The monoisotopic (exact) mass is 398 g/mol. The molecule has 1 aliphatic heterocycles. The Morgan fingerprint density at radius 2 is 1.82 bits per heavy atom. The minimum atomic E-state index is -0.117. The Morgan fingerprint density at radius 1 is 1.11 bits per heavy atom. The van der Waals surface area contributed by atoms with Gasteiger partial charge in [-0.25, -0.2) is 0 Å². The number of aryl methyl sites for hydroxylation is 2. The molecule has 0 aliphatic carbocycles. The molecule has 6 heteroatoms. The molecule has 0 spiro atoms. The maximum Gasteiger partial charge on any atom is 0.260 e. The van der Waals surface area contributed by atoms with Gasteiger partial charge in [0, 0.05) is 24.0 Å². The Kier molecular flexibility index (Phi) is 6.62. The summed E-state index contributed by atoms with van der Waals surface area (Å²) in [5, 5.41) is 3.05. The van der Waals surface area contributed by atoms with Gasteiger partial charge in [-0.05, 0) is 62.1 Å². The minimum Gasteiger partial charge on any atom is -0.484 e. The van der Waals surface area contributed by atoms with Crippen LogP contribution in [0.25, 0.3) is 0 Å². The van der Waals surface area contributed by atoms with Crippen molar-refractivity contribution in [1.82, 2.24) is 10.2 Å². The van der Waals surface area contributed by atoms with E-state index in [0.717, 1.165) is 18.4 Å². The average molecular weight is 399 g/mol. The number of ether oxygens (including phenoxy) is 1. The number of piperidine rings is 1. The van der Waals surface area contributed by atoms with Crippen LogP contribution < -0.4 is 10.1 Å². The van der Waals surface area contributed by atoms with Crippen LogP contribution in [0.3, 0.4) is 0 Å². The zero-order valence-corrected chi connectivity index (χ0v) is 17.2. The lowest BCUT2D eigenvalue weighted by Crippen LogP contribution is -2.47. The van der Waals surface area contributed by atoms with Crippen molar-refractivity contribution in [3.63, 3.8) is 0 Å². The van der Waals surface area contributed by atoms with E-state index in [2.05, 4.69) is 17.9 Å². The molecule has 1 heterocycles. The number of carbonyl (C=O) groups is 2. The second-order valence-electron chi connectivity index (χ2n) is 7.18. The van der Waals surface area contributed by atoms with Crippen LogP contribution in [-0.2, 0) is 4.79 Å². The molecular formula is C22H26N2O3S. The third kappa shape index (κ3) is 5.07. The van der Waals surface area contributed by atoms with Gasteiger partial charge < -0.3 is 15.0 Å². The molecule has 0 saturated carbocycles. The Bertz CT molecular complexity index is 861. The highest BCUT2D eigenvalue weighted by Gasteiger charge is 2.24. The zero-order chi connectivity index (χ0) is 20.1. The number of likely N-dealkylation sites (tertiary alicyclic amines) is 1. The number of rotatable bonds is 5. The van der Waals surface area contributed by atoms with Crippen LogP contribution in [-0.4, -0.2) is 42.5 Å².